The van der Waals surface area contributed by atoms with Gasteiger partial charge in [0.15, 0.2) is 5.78 Å². The molecule has 0 radical (unpaired) electrons. The SMILES string of the molecule is CC(=O)c1ccc(OCC2Cc3ccccc32)c(Cl)c1. The van der Waals surface area contributed by atoms with Crippen molar-refractivity contribution in [3.63, 3.8) is 0 Å². The third kappa shape index (κ3) is 2.44. The molecule has 20 heavy (non-hydrogen) atoms. The van der Waals surface area contributed by atoms with Gasteiger partial charge in [0.05, 0.1) is 11.6 Å². The molecule has 0 fully saturated rings. The summed E-state index contributed by atoms with van der Waals surface area (Å²) in [7, 11) is 0. The van der Waals surface area contributed by atoms with E-state index in [1.165, 1.54) is 18.1 Å². The van der Waals surface area contributed by atoms with Crippen LogP contribution in [0.25, 0.3) is 0 Å². The lowest BCUT2D eigenvalue weighted by atomic mass is 9.78. The third-order valence-corrected chi connectivity index (χ3v) is 4.04. The Labute approximate surface area is 123 Å². The van der Waals surface area contributed by atoms with Gasteiger partial charge in [0.25, 0.3) is 0 Å². The predicted molar refractivity (Wildman–Crippen MR) is 79.8 cm³/mol. The average Bonchev–Trinajstić information content (AvgIpc) is 2.41. The molecule has 0 N–H and O–H groups in total. The second kappa shape index (κ2) is 5.29. The summed E-state index contributed by atoms with van der Waals surface area (Å²) in [5, 5.41) is 0.491. The molecule has 0 spiro atoms. The van der Waals surface area contributed by atoms with Crippen molar-refractivity contribution in [1.29, 1.82) is 0 Å². The van der Waals surface area contributed by atoms with Gasteiger partial charge in [0, 0.05) is 11.5 Å². The van der Waals surface area contributed by atoms with Crippen molar-refractivity contribution in [2.24, 2.45) is 0 Å². The summed E-state index contributed by atoms with van der Waals surface area (Å²) in [6.45, 7) is 2.15. The molecule has 1 atom stereocenters. The molecule has 1 aliphatic carbocycles. The molecule has 0 bridgehead atoms. The second-order valence-electron chi connectivity index (χ2n) is 5.11. The van der Waals surface area contributed by atoms with Crippen LogP contribution < -0.4 is 4.74 Å². The van der Waals surface area contributed by atoms with Gasteiger partial charge in [0.2, 0.25) is 0 Å². The molecule has 0 amide bonds. The number of carbonyl (C=O) groups excluding carboxylic acids is 1. The van der Waals surface area contributed by atoms with Gasteiger partial charge in [0.1, 0.15) is 5.75 Å². The van der Waals surface area contributed by atoms with E-state index in [-0.39, 0.29) is 5.78 Å². The zero-order valence-electron chi connectivity index (χ0n) is 11.2. The van der Waals surface area contributed by atoms with Crippen LogP contribution in [0.2, 0.25) is 5.02 Å². The van der Waals surface area contributed by atoms with Gasteiger partial charge in [-0.05, 0) is 42.7 Å². The largest absolute Gasteiger partial charge is 0.491 e. The van der Waals surface area contributed by atoms with Crippen molar-refractivity contribution in [2.45, 2.75) is 19.3 Å². The lowest BCUT2D eigenvalue weighted by Gasteiger charge is -2.30. The third-order valence-electron chi connectivity index (χ3n) is 3.74. The van der Waals surface area contributed by atoms with Crippen molar-refractivity contribution in [2.75, 3.05) is 6.61 Å². The summed E-state index contributed by atoms with van der Waals surface area (Å²) >= 11 is 6.14. The molecule has 0 aliphatic heterocycles. The number of hydrogen-bond acceptors (Lipinski definition) is 2. The standard InChI is InChI=1S/C17H15ClO2/c1-11(19)12-6-7-17(16(18)9-12)20-10-14-8-13-4-2-3-5-15(13)14/h2-7,9,14H,8,10H2,1H3. The molecule has 2 aromatic carbocycles. The molecule has 2 aromatic rings. The van der Waals surface area contributed by atoms with Gasteiger partial charge in [-0.15, -0.1) is 0 Å². The molecule has 2 nitrogen and oxygen atoms in total. The number of benzene rings is 2. The van der Waals surface area contributed by atoms with Gasteiger partial charge >= 0.3 is 0 Å². The number of Topliss-reactive ketones (excluding diaryl/α,β-unsaturated/α-hetero) is 1. The van der Waals surface area contributed by atoms with E-state index >= 15 is 0 Å². The van der Waals surface area contributed by atoms with Crippen molar-refractivity contribution >= 4 is 17.4 Å². The van der Waals surface area contributed by atoms with Crippen molar-refractivity contribution in [3.8, 4) is 5.75 Å². The Hall–Kier alpha value is -1.80. The molecule has 3 rings (SSSR count). The van der Waals surface area contributed by atoms with Gasteiger partial charge in [-0.3, -0.25) is 4.79 Å². The Balaban J connectivity index is 1.67. The van der Waals surface area contributed by atoms with Crippen LogP contribution in [0.3, 0.4) is 0 Å². The summed E-state index contributed by atoms with van der Waals surface area (Å²) < 4.78 is 5.79. The van der Waals surface area contributed by atoms with Gasteiger partial charge in [-0.1, -0.05) is 35.9 Å². The molecular weight excluding hydrogens is 272 g/mol. The number of hydrogen-bond donors (Lipinski definition) is 0. The first-order valence-corrected chi connectivity index (χ1v) is 7.04. The normalized spacial score (nSPS) is 16.2. The lowest BCUT2D eigenvalue weighted by Crippen LogP contribution is -2.23. The van der Waals surface area contributed by atoms with E-state index in [0.717, 1.165) is 6.42 Å². The van der Waals surface area contributed by atoms with E-state index in [9.17, 15) is 4.79 Å². The van der Waals surface area contributed by atoms with Crippen molar-refractivity contribution in [1.82, 2.24) is 0 Å². The van der Waals surface area contributed by atoms with Crippen LogP contribution in [-0.4, -0.2) is 12.4 Å². The van der Waals surface area contributed by atoms with E-state index in [1.807, 2.05) is 0 Å². The van der Waals surface area contributed by atoms with E-state index in [1.54, 1.807) is 18.2 Å². The number of ketones is 1. The average molecular weight is 287 g/mol. The highest BCUT2D eigenvalue weighted by molar-refractivity contribution is 6.32. The fraction of sp³-hybridized carbons (Fsp3) is 0.235. The molecule has 0 saturated carbocycles. The fourth-order valence-electron chi connectivity index (χ4n) is 2.54. The molecule has 1 unspecified atom stereocenters. The Morgan fingerprint density at radius 1 is 1.30 bits per heavy atom. The molecule has 0 heterocycles. The Bertz CT molecular complexity index is 664. The first kappa shape index (κ1) is 13.2. The highest BCUT2D eigenvalue weighted by Crippen LogP contribution is 2.36. The van der Waals surface area contributed by atoms with E-state index < -0.39 is 0 Å². The van der Waals surface area contributed by atoms with Crippen LogP contribution in [0, 0.1) is 0 Å². The lowest BCUT2D eigenvalue weighted by molar-refractivity contribution is 0.101. The Morgan fingerprint density at radius 2 is 2.10 bits per heavy atom. The quantitative estimate of drug-likeness (QED) is 0.785. The predicted octanol–water partition coefficient (Wildman–Crippen LogP) is 4.26. The smallest absolute Gasteiger partial charge is 0.159 e. The zero-order valence-corrected chi connectivity index (χ0v) is 12.0. The molecule has 1 aliphatic rings. The molecule has 0 aromatic heterocycles. The first-order valence-electron chi connectivity index (χ1n) is 6.66. The summed E-state index contributed by atoms with van der Waals surface area (Å²) in [6.07, 6.45) is 1.05. The number of rotatable bonds is 4. The molecule has 102 valence electrons. The highest BCUT2D eigenvalue weighted by Gasteiger charge is 2.26. The monoisotopic (exact) mass is 286 g/mol. The topological polar surface area (TPSA) is 26.3 Å². The van der Waals surface area contributed by atoms with Crippen LogP contribution in [0.4, 0.5) is 0 Å². The molecular formula is C17H15ClO2. The Kier molecular flexibility index (Phi) is 3.49. The maximum Gasteiger partial charge on any atom is 0.159 e. The van der Waals surface area contributed by atoms with E-state index in [0.29, 0.717) is 28.9 Å². The molecule has 3 heteroatoms. The molecule has 0 saturated heterocycles. The minimum atomic E-state index is 0.00590. The minimum Gasteiger partial charge on any atom is -0.491 e. The maximum atomic E-state index is 11.3. The van der Waals surface area contributed by atoms with Crippen LogP contribution in [0.5, 0.6) is 5.75 Å². The van der Waals surface area contributed by atoms with Crippen LogP contribution in [-0.2, 0) is 6.42 Å². The van der Waals surface area contributed by atoms with Gasteiger partial charge in [-0.2, -0.15) is 0 Å². The van der Waals surface area contributed by atoms with E-state index in [2.05, 4.69) is 24.3 Å². The van der Waals surface area contributed by atoms with Crippen LogP contribution >= 0.6 is 11.6 Å². The maximum absolute atomic E-state index is 11.3. The number of halogens is 1. The van der Waals surface area contributed by atoms with Gasteiger partial charge in [-0.25, -0.2) is 0 Å². The van der Waals surface area contributed by atoms with Crippen molar-refractivity contribution < 1.29 is 9.53 Å². The summed E-state index contributed by atoms with van der Waals surface area (Å²) in [5.74, 6) is 1.09. The van der Waals surface area contributed by atoms with Crippen molar-refractivity contribution in [3.05, 3.63) is 64.2 Å². The fourth-order valence-corrected chi connectivity index (χ4v) is 2.77. The van der Waals surface area contributed by atoms with Crippen LogP contribution in [0.15, 0.2) is 42.5 Å². The zero-order chi connectivity index (χ0) is 14.1. The summed E-state index contributed by atoms with van der Waals surface area (Å²) in [5.41, 5.74) is 3.37. The second-order valence-corrected chi connectivity index (χ2v) is 5.52. The number of carbonyl (C=O) groups is 1. The first-order chi connectivity index (χ1) is 9.65. The minimum absolute atomic E-state index is 0.00590. The summed E-state index contributed by atoms with van der Waals surface area (Å²) in [4.78, 5) is 11.3. The van der Waals surface area contributed by atoms with Gasteiger partial charge < -0.3 is 4.74 Å². The Morgan fingerprint density at radius 3 is 2.80 bits per heavy atom. The number of fused-ring (bicyclic) bond motifs is 1. The summed E-state index contributed by atoms with van der Waals surface area (Å²) in [6, 6.07) is 13.6. The highest BCUT2D eigenvalue weighted by atomic mass is 35.5. The number of ether oxygens (including phenoxy) is 1. The van der Waals surface area contributed by atoms with Crippen LogP contribution in [0.1, 0.15) is 34.3 Å². The van der Waals surface area contributed by atoms with E-state index in [4.69, 9.17) is 16.3 Å².